The maximum atomic E-state index is 13.3. The molecule has 1 rings (SSSR count). The zero-order chi connectivity index (χ0) is 12.7. The van der Waals surface area contributed by atoms with Gasteiger partial charge in [-0.3, -0.25) is 0 Å². The normalized spacial score (nSPS) is 10.4. The third-order valence-corrected chi connectivity index (χ3v) is 2.16. The molecule has 0 heterocycles. The first kappa shape index (κ1) is 14.0. The maximum absolute atomic E-state index is 13.3. The minimum Gasteiger partial charge on any atom is -0.493 e. The van der Waals surface area contributed by atoms with Crippen molar-refractivity contribution in [2.24, 2.45) is 0 Å². The van der Waals surface area contributed by atoms with Gasteiger partial charge in [0, 0.05) is 31.2 Å². The maximum Gasteiger partial charge on any atom is 0.491 e. The molecule has 0 aliphatic carbocycles. The Bertz CT molecular complexity index is 346. The summed E-state index contributed by atoms with van der Waals surface area (Å²) in [7, 11) is -1.80. The van der Waals surface area contributed by atoms with E-state index in [1.807, 2.05) is 6.92 Å². The zero-order valence-electron chi connectivity index (χ0n) is 9.73. The summed E-state index contributed by atoms with van der Waals surface area (Å²) >= 11 is 0. The number of halogens is 1. The molecule has 0 radical (unpaired) electrons. The standard InChI is InChI=1S/C11H16BFO4/c1-2-16-6-3-7-17-9-4-5-10(12(14)15)11(13)8-9/h4-5,8,14-15H,2-3,6-7H2,1H3. The van der Waals surface area contributed by atoms with Gasteiger partial charge in [0.15, 0.2) is 0 Å². The molecular formula is C11H16BFO4. The predicted octanol–water partition coefficient (Wildman–Crippen LogP) is 0.311. The first-order chi connectivity index (χ1) is 8.15. The molecule has 4 nitrogen and oxygen atoms in total. The summed E-state index contributed by atoms with van der Waals surface area (Å²) in [5.41, 5.74) is -0.160. The molecule has 1 aromatic carbocycles. The number of ether oxygens (including phenoxy) is 2. The molecule has 0 amide bonds. The minimum atomic E-state index is -1.80. The SMILES string of the molecule is CCOCCCOc1ccc(B(O)O)c(F)c1. The fourth-order valence-electron chi connectivity index (χ4n) is 1.30. The van der Waals surface area contributed by atoms with Crippen LogP contribution in [0.4, 0.5) is 4.39 Å². The Labute approximate surface area is 100 Å². The van der Waals surface area contributed by atoms with Crippen LogP contribution in [0, 0.1) is 5.82 Å². The summed E-state index contributed by atoms with van der Waals surface area (Å²) in [6.07, 6.45) is 0.722. The van der Waals surface area contributed by atoms with Gasteiger partial charge < -0.3 is 19.5 Å². The summed E-state index contributed by atoms with van der Waals surface area (Å²) < 4.78 is 23.7. The highest BCUT2D eigenvalue weighted by Gasteiger charge is 2.16. The summed E-state index contributed by atoms with van der Waals surface area (Å²) in [5.74, 6) is -0.328. The fourth-order valence-corrected chi connectivity index (χ4v) is 1.30. The third kappa shape index (κ3) is 4.72. The van der Waals surface area contributed by atoms with E-state index in [1.54, 1.807) is 0 Å². The molecule has 1 aromatic rings. The topological polar surface area (TPSA) is 58.9 Å². The monoisotopic (exact) mass is 242 g/mol. The van der Waals surface area contributed by atoms with Crippen molar-refractivity contribution in [2.75, 3.05) is 19.8 Å². The van der Waals surface area contributed by atoms with Crippen molar-refractivity contribution < 1.29 is 23.9 Å². The van der Waals surface area contributed by atoms with Gasteiger partial charge in [0.2, 0.25) is 0 Å². The Morgan fingerprint density at radius 1 is 1.29 bits per heavy atom. The Hall–Kier alpha value is -1.11. The lowest BCUT2D eigenvalue weighted by Crippen LogP contribution is -2.32. The van der Waals surface area contributed by atoms with Gasteiger partial charge >= 0.3 is 7.12 Å². The average Bonchev–Trinajstić information content (AvgIpc) is 2.28. The van der Waals surface area contributed by atoms with Gasteiger partial charge in [-0.15, -0.1) is 0 Å². The van der Waals surface area contributed by atoms with Gasteiger partial charge in [0.05, 0.1) is 6.61 Å². The summed E-state index contributed by atoms with van der Waals surface area (Å²) in [5, 5.41) is 17.7. The van der Waals surface area contributed by atoms with Crippen LogP contribution in [0.5, 0.6) is 5.75 Å². The Morgan fingerprint density at radius 2 is 2.06 bits per heavy atom. The van der Waals surface area contributed by atoms with Crippen molar-refractivity contribution in [1.29, 1.82) is 0 Å². The van der Waals surface area contributed by atoms with E-state index in [4.69, 9.17) is 19.5 Å². The van der Waals surface area contributed by atoms with Gasteiger partial charge in [-0.25, -0.2) is 4.39 Å². The fraction of sp³-hybridized carbons (Fsp3) is 0.455. The van der Waals surface area contributed by atoms with E-state index in [0.717, 1.165) is 12.5 Å². The third-order valence-electron chi connectivity index (χ3n) is 2.16. The second-order valence-corrected chi connectivity index (χ2v) is 3.46. The van der Waals surface area contributed by atoms with E-state index in [-0.39, 0.29) is 5.46 Å². The van der Waals surface area contributed by atoms with Crippen LogP contribution in [0.3, 0.4) is 0 Å². The molecule has 0 aromatic heterocycles. The zero-order valence-corrected chi connectivity index (χ0v) is 9.73. The first-order valence-electron chi connectivity index (χ1n) is 5.51. The van der Waals surface area contributed by atoms with Gasteiger partial charge in [0.1, 0.15) is 11.6 Å². The highest BCUT2D eigenvalue weighted by Crippen LogP contribution is 2.11. The Morgan fingerprint density at radius 3 is 2.65 bits per heavy atom. The van der Waals surface area contributed by atoms with Crippen LogP contribution in [0.1, 0.15) is 13.3 Å². The van der Waals surface area contributed by atoms with E-state index in [1.165, 1.54) is 12.1 Å². The van der Waals surface area contributed by atoms with E-state index < -0.39 is 12.9 Å². The average molecular weight is 242 g/mol. The number of hydrogen-bond donors (Lipinski definition) is 2. The van der Waals surface area contributed by atoms with Crippen LogP contribution < -0.4 is 10.2 Å². The van der Waals surface area contributed by atoms with Gasteiger partial charge in [-0.2, -0.15) is 0 Å². The molecule has 94 valence electrons. The molecule has 0 saturated carbocycles. The minimum absolute atomic E-state index is 0.160. The van der Waals surface area contributed by atoms with Crippen LogP contribution in [-0.4, -0.2) is 37.0 Å². The van der Waals surface area contributed by atoms with E-state index in [9.17, 15) is 4.39 Å². The lowest BCUT2D eigenvalue weighted by atomic mass is 9.80. The second-order valence-electron chi connectivity index (χ2n) is 3.46. The van der Waals surface area contributed by atoms with Gasteiger partial charge in [0.25, 0.3) is 0 Å². The van der Waals surface area contributed by atoms with Crippen LogP contribution in [0.2, 0.25) is 0 Å². The van der Waals surface area contributed by atoms with Crippen molar-refractivity contribution >= 4 is 12.6 Å². The molecule has 0 unspecified atom stereocenters. The van der Waals surface area contributed by atoms with Crippen molar-refractivity contribution in [2.45, 2.75) is 13.3 Å². The smallest absolute Gasteiger partial charge is 0.491 e. The molecule has 0 aliphatic heterocycles. The summed E-state index contributed by atoms with van der Waals surface area (Å²) in [4.78, 5) is 0. The lowest BCUT2D eigenvalue weighted by Gasteiger charge is -2.08. The molecule has 2 N–H and O–H groups in total. The number of rotatable bonds is 7. The van der Waals surface area contributed by atoms with Gasteiger partial charge in [-0.1, -0.05) is 6.07 Å². The summed E-state index contributed by atoms with van der Waals surface area (Å²) in [6, 6.07) is 3.92. The predicted molar refractivity (Wildman–Crippen MR) is 62.8 cm³/mol. The van der Waals surface area contributed by atoms with Crippen molar-refractivity contribution in [3.63, 3.8) is 0 Å². The quantitative estimate of drug-likeness (QED) is 0.533. The van der Waals surface area contributed by atoms with Crippen LogP contribution >= 0.6 is 0 Å². The van der Waals surface area contributed by atoms with Crippen molar-refractivity contribution in [3.8, 4) is 5.75 Å². The highest BCUT2D eigenvalue weighted by molar-refractivity contribution is 6.58. The van der Waals surface area contributed by atoms with Gasteiger partial charge in [-0.05, 0) is 13.0 Å². The molecule has 0 aliphatic rings. The molecule has 0 saturated heterocycles. The first-order valence-corrected chi connectivity index (χ1v) is 5.51. The molecule has 0 fully saturated rings. The van der Waals surface area contributed by atoms with E-state index >= 15 is 0 Å². The summed E-state index contributed by atoms with van der Waals surface area (Å²) in [6.45, 7) is 3.61. The van der Waals surface area contributed by atoms with E-state index in [0.29, 0.717) is 25.6 Å². The lowest BCUT2D eigenvalue weighted by molar-refractivity contribution is 0.131. The molecule has 0 bridgehead atoms. The Kier molecular flexibility index (Phi) is 5.97. The van der Waals surface area contributed by atoms with Crippen LogP contribution in [-0.2, 0) is 4.74 Å². The molecule has 0 atom stereocenters. The second kappa shape index (κ2) is 7.27. The Balaban J connectivity index is 2.42. The number of benzene rings is 1. The highest BCUT2D eigenvalue weighted by atomic mass is 19.1. The van der Waals surface area contributed by atoms with Crippen LogP contribution in [0.25, 0.3) is 0 Å². The molecule has 0 spiro atoms. The number of hydrogen-bond acceptors (Lipinski definition) is 4. The van der Waals surface area contributed by atoms with E-state index in [2.05, 4.69) is 0 Å². The molecular weight excluding hydrogens is 226 g/mol. The molecule has 17 heavy (non-hydrogen) atoms. The largest absolute Gasteiger partial charge is 0.493 e. The van der Waals surface area contributed by atoms with Crippen molar-refractivity contribution in [3.05, 3.63) is 24.0 Å². The molecule has 6 heteroatoms. The van der Waals surface area contributed by atoms with Crippen LogP contribution in [0.15, 0.2) is 18.2 Å². The van der Waals surface area contributed by atoms with Crippen molar-refractivity contribution in [1.82, 2.24) is 0 Å².